The summed E-state index contributed by atoms with van der Waals surface area (Å²) < 4.78 is 5.82. The maximum absolute atomic E-state index is 11.0. The lowest BCUT2D eigenvalue weighted by molar-refractivity contribution is -0.148. The molecule has 1 rings (SSSR count). The van der Waals surface area contributed by atoms with E-state index in [-0.39, 0.29) is 6.42 Å². The lowest BCUT2D eigenvalue weighted by atomic mass is 9.90. The van der Waals surface area contributed by atoms with Gasteiger partial charge in [0, 0.05) is 13.1 Å². The number of carboxylic acid groups (broad SMARTS) is 1. The SMILES string of the molecule is CCCCCCCCCCCCC1(CC(=O)O)CNCCO1. The highest BCUT2D eigenvalue weighted by molar-refractivity contribution is 5.68. The van der Waals surface area contributed by atoms with Crippen molar-refractivity contribution >= 4 is 5.97 Å². The van der Waals surface area contributed by atoms with Gasteiger partial charge < -0.3 is 15.2 Å². The van der Waals surface area contributed by atoms with E-state index in [4.69, 9.17) is 9.84 Å². The maximum Gasteiger partial charge on any atom is 0.306 e. The van der Waals surface area contributed by atoms with Crippen molar-refractivity contribution in [3.05, 3.63) is 0 Å². The van der Waals surface area contributed by atoms with Crippen LogP contribution in [-0.4, -0.2) is 36.4 Å². The number of hydrogen-bond donors (Lipinski definition) is 2. The van der Waals surface area contributed by atoms with Gasteiger partial charge in [-0.15, -0.1) is 0 Å². The van der Waals surface area contributed by atoms with E-state index >= 15 is 0 Å². The Morgan fingerprint density at radius 2 is 1.64 bits per heavy atom. The van der Waals surface area contributed by atoms with Crippen LogP contribution in [0.25, 0.3) is 0 Å². The Kier molecular flexibility index (Phi) is 10.5. The third-order valence-corrected chi connectivity index (χ3v) is 4.59. The van der Waals surface area contributed by atoms with Gasteiger partial charge in [-0.2, -0.15) is 0 Å². The number of carbonyl (C=O) groups is 1. The lowest BCUT2D eigenvalue weighted by Gasteiger charge is -2.36. The molecule has 0 radical (unpaired) electrons. The number of ether oxygens (including phenoxy) is 1. The van der Waals surface area contributed by atoms with Crippen molar-refractivity contribution in [2.24, 2.45) is 0 Å². The molecule has 1 aliphatic rings. The highest BCUT2D eigenvalue weighted by atomic mass is 16.5. The normalized spacial score (nSPS) is 21.9. The van der Waals surface area contributed by atoms with Gasteiger partial charge in [-0.3, -0.25) is 4.79 Å². The zero-order valence-corrected chi connectivity index (χ0v) is 14.4. The molecule has 0 aromatic carbocycles. The van der Waals surface area contributed by atoms with E-state index in [2.05, 4.69) is 12.2 Å². The zero-order chi connectivity index (χ0) is 16.1. The quantitative estimate of drug-likeness (QED) is 0.502. The molecule has 0 amide bonds. The second-order valence-electron chi connectivity index (χ2n) is 6.71. The first-order chi connectivity index (χ1) is 10.7. The molecular weight excluding hydrogens is 278 g/mol. The van der Waals surface area contributed by atoms with Crippen LogP contribution in [0.5, 0.6) is 0 Å². The van der Waals surface area contributed by atoms with Crippen molar-refractivity contribution in [1.29, 1.82) is 0 Å². The molecule has 2 N–H and O–H groups in total. The molecule has 1 atom stereocenters. The first-order valence-corrected chi connectivity index (χ1v) is 9.25. The van der Waals surface area contributed by atoms with E-state index in [1.54, 1.807) is 0 Å². The van der Waals surface area contributed by atoms with Gasteiger partial charge in [-0.05, 0) is 6.42 Å². The van der Waals surface area contributed by atoms with Crippen LogP contribution >= 0.6 is 0 Å². The van der Waals surface area contributed by atoms with Gasteiger partial charge in [0.15, 0.2) is 0 Å². The Morgan fingerprint density at radius 3 is 2.14 bits per heavy atom. The Morgan fingerprint density at radius 1 is 1.05 bits per heavy atom. The van der Waals surface area contributed by atoms with Crippen molar-refractivity contribution < 1.29 is 14.6 Å². The fraction of sp³-hybridized carbons (Fsp3) is 0.944. The van der Waals surface area contributed by atoms with Crippen molar-refractivity contribution in [3.63, 3.8) is 0 Å². The van der Waals surface area contributed by atoms with Gasteiger partial charge in [-0.25, -0.2) is 0 Å². The molecule has 0 aliphatic carbocycles. The Balaban J connectivity index is 2.04. The number of carboxylic acids is 1. The Labute approximate surface area is 136 Å². The summed E-state index contributed by atoms with van der Waals surface area (Å²) in [6.07, 6.45) is 14.0. The summed E-state index contributed by atoms with van der Waals surface area (Å²) in [5, 5.41) is 12.4. The summed E-state index contributed by atoms with van der Waals surface area (Å²) >= 11 is 0. The summed E-state index contributed by atoms with van der Waals surface area (Å²) in [6, 6.07) is 0. The largest absolute Gasteiger partial charge is 0.481 e. The fourth-order valence-electron chi connectivity index (χ4n) is 3.28. The van der Waals surface area contributed by atoms with Crippen molar-refractivity contribution in [2.75, 3.05) is 19.7 Å². The van der Waals surface area contributed by atoms with Gasteiger partial charge in [0.25, 0.3) is 0 Å². The summed E-state index contributed by atoms with van der Waals surface area (Å²) in [5.74, 6) is -0.754. The van der Waals surface area contributed by atoms with Crippen LogP contribution in [0.15, 0.2) is 0 Å². The zero-order valence-electron chi connectivity index (χ0n) is 14.4. The molecule has 1 fully saturated rings. The fourth-order valence-corrected chi connectivity index (χ4v) is 3.28. The number of nitrogens with one attached hydrogen (secondary N) is 1. The van der Waals surface area contributed by atoms with Crippen LogP contribution in [0.1, 0.15) is 84.0 Å². The first kappa shape index (κ1) is 19.4. The van der Waals surface area contributed by atoms with Gasteiger partial charge >= 0.3 is 5.97 Å². The predicted molar refractivity (Wildman–Crippen MR) is 90.3 cm³/mol. The smallest absolute Gasteiger partial charge is 0.306 e. The van der Waals surface area contributed by atoms with Gasteiger partial charge in [0.2, 0.25) is 0 Å². The summed E-state index contributed by atoms with van der Waals surface area (Å²) in [7, 11) is 0. The number of hydrogen-bond acceptors (Lipinski definition) is 3. The molecule has 0 aromatic rings. The van der Waals surface area contributed by atoms with Gasteiger partial charge in [-0.1, -0.05) is 71.1 Å². The minimum atomic E-state index is -0.754. The van der Waals surface area contributed by atoms with E-state index in [0.717, 1.165) is 19.4 Å². The number of unbranched alkanes of at least 4 members (excludes halogenated alkanes) is 9. The highest BCUT2D eigenvalue weighted by Gasteiger charge is 2.35. The van der Waals surface area contributed by atoms with Gasteiger partial charge in [0.05, 0.1) is 18.6 Å². The van der Waals surface area contributed by atoms with E-state index in [9.17, 15) is 4.79 Å². The first-order valence-electron chi connectivity index (χ1n) is 9.25. The topological polar surface area (TPSA) is 58.6 Å². The molecule has 1 unspecified atom stereocenters. The molecule has 4 heteroatoms. The minimum absolute atomic E-state index is 0.122. The lowest BCUT2D eigenvalue weighted by Crippen LogP contribution is -2.50. The van der Waals surface area contributed by atoms with Crippen LogP contribution < -0.4 is 5.32 Å². The van der Waals surface area contributed by atoms with Crippen molar-refractivity contribution in [3.8, 4) is 0 Å². The van der Waals surface area contributed by atoms with Crippen molar-refractivity contribution in [2.45, 2.75) is 89.6 Å². The Bertz CT molecular complexity index is 288. The number of morpholine rings is 1. The molecule has 1 aliphatic heterocycles. The van der Waals surface area contributed by atoms with E-state index in [1.165, 1.54) is 57.8 Å². The van der Waals surface area contributed by atoms with Crippen LogP contribution in [0.2, 0.25) is 0 Å². The molecule has 1 saturated heterocycles. The minimum Gasteiger partial charge on any atom is -0.481 e. The van der Waals surface area contributed by atoms with Crippen LogP contribution in [0, 0.1) is 0 Å². The molecule has 1 heterocycles. The standard InChI is InChI=1S/C18H35NO3/c1-2-3-4-5-6-7-8-9-10-11-12-18(15-17(20)21)16-19-13-14-22-18/h19H,2-16H2,1H3,(H,20,21). The molecular formula is C18H35NO3. The van der Waals surface area contributed by atoms with E-state index in [0.29, 0.717) is 13.2 Å². The average molecular weight is 313 g/mol. The molecule has 0 spiro atoms. The summed E-state index contributed by atoms with van der Waals surface area (Å²) in [5.41, 5.74) is -0.468. The van der Waals surface area contributed by atoms with E-state index < -0.39 is 11.6 Å². The van der Waals surface area contributed by atoms with E-state index in [1.807, 2.05) is 0 Å². The Hall–Kier alpha value is -0.610. The molecule has 0 saturated carbocycles. The maximum atomic E-state index is 11.0. The molecule has 22 heavy (non-hydrogen) atoms. The monoisotopic (exact) mass is 313 g/mol. The molecule has 130 valence electrons. The third-order valence-electron chi connectivity index (χ3n) is 4.59. The predicted octanol–water partition coefficient (Wildman–Crippen LogP) is 4.13. The summed E-state index contributed by atoms with van der Waals surface area (Å²) in [6.45, 7) is 4.39. The van der Waals surface area contributed by atoms with Crippen LogP contribution in [-0.2, 0) is 9.53 Å². The molecule has 4 nitrogen and oxygen atoms in total. The second-order valence-corrected chi connectivity index (χ2v) is 6.71. The molecule has 0 bridgehead atoms. The second kappa shape index (κ2) is 11.9. The number of rotatable bonds is 13. The summed E-state index contributed by atoms with van der Waals surface area (Å²) in [4.78, 5) is 11.0. The van der Waals surface area contributed by atoms with Crippen LogP contribution in [0.3, 0.4) is 0 Å². The molecule has 0 aromatic heterocycles. The third kappa shape index (κ3) is 8.74. The highest BCUT2D eigenvalue weighted by Crippen LogP contribution is 2.26. The van der Waals surface area contributed by atoms with Crippen LogP contribution in [0.4, 0.5) is 0 Å². The van der Waals surface area contributed by atoms with Crippen molar-refractivity contribution in [1.82, 2.24) is 5.32 Å². The average Bonchev–Trinajstić information content (AvgIpc) is 2.49. The number of aliphatic carboxylic acids is 1. The van der Waals surface area contributed by atoms with Gasteiger partial charge in [0.1, 0.15) is 0 Å².